The van der Waals surface area contributed by atoms with Crippen LogP contribution in [0.1, 0.15) is 27.2 Å². The van der Waals surface area contributed by atoms with E-state index in [4.69, 9.17) is 5.73 Å². The van der Waals surface area contributed by atoms with Crippen LogP contribution in [0.5, 0.6) is 0 Å². The minimum absolute atomic E-state index is 0.00599. The maximum absolute atomic E-state index is 11.8. The van der Waals surface area contributed by atoms with Crippen LogP contribution >= 0.6 is 0 Å². The van der Waals surface area contributed by atoms with E-state index in [0.717, 1.165) is 19.5 Å². The normalized spacial score (nSPS) is 22.8. The topological polar surface area (TPSA) is 75.4 Å². The maximum Gasteiger partial charge on any atom is 0.234 e. The lowest BCUT2D eigenvalue weighted by Gasteiger charge is -2.21. The van der Waals surface area contributed by atoms with Gasteiger partial charge in [0, 0.05) is 19.1 Å². The Bertz CT molecular complexity index is 291. The lowest BCUT2D eigenvalue weighted by atomic mass is 10.0. The van der Waals surface area contributed by atoms with Gasteiger partial charge >= 0.3 is 0 Å². The molecule has 0 spiro atoms. The molecule has 1 aliphatic rings. The highest BCUT2D eigenvalue weighted by molar-refractivity contribution is 5.88. The van der Waals surface area contributed by atoms with Crippen LogP contribution in [0.25, 0.3) is 0 Å². The Kier molecular flexibility index (Phi) is 5.08. The van der Waals surface area contributed by atoms with Gasteiger partial charge in [-0.3, -0.25) is 14.5 Å². The molecule has 0 aromatic rings. The predicted molar refractivity (Wildman–Crippen MR) is 66.5 cm³/mol. The van der Waals surface area contributed by atoms with Gasteiger partial charge in [-0.1, -0.05) is 13.8 Å². The monoisotopic (exact) mass is 241 g/mol. The Balaban J connectivity index is 2.40. The summed E-state index contributed by atoms with van der Waals surface area (Å²) in [5.74, 6) is 0.0387. The van der Waals surface area contributed by atoms with E-state index in [1.54, 1.807) is 0 Å². The number of amides is 1. The van der Waals surface area contributed by atoms with Gasteiger partial charge in [-0.05, 0) is 19.3 Å². The average molecular weight is 241 g/mol. The molecule has 0 aromatic carbocycles. The average Bonchev–Trinajstić information content (AvgIpc) is 2.59. The number of carbonyl (C=O) groups is 2. The van der Waals surface area contributed by atoms with Gasteiger partial charge in [0.05, 0.1) is 12.6 Å². The highest BCUT2D eigenvalue weighted by Crippen LogP contribution is 2.07. The molecular formula is C12H23N3O2. The van der Waals surface area contributed by atoms with Crippen LogP contribution < -0.4 is 11.1 Å². The Morgan fingerprint density at radius 1 is 1.47 bits per heavy atom. The minimum atomic E-state index is -0.376. The van der Waals surface area contributed by atoms with Gasteiger partial charge in [-0.15, -0.1) is 0 Å². The predicted octanol–water partition coefficient (Wildman–Crippen LogP) is -0.251. The van der Waals surface area contributed by atoms with Crippen molar-refractivity contribution in [2.24, 2.45) is 11.7 Å². The number of carbonyl (C=O) groups excluding carboxylic acids is 2. The fourth-order valence-electron chi connectivity index (χ4n) is 2.17. The summed E-state index contributed by atoms with van der Waals surface area (Å²) in [7, 11) is 0. The summed E-state index contributed by atoms with van der Waals surface area (Å²) < 4.78 is 0. The second-order valence-electron chi connectivity index (χ2n) is 5.18. The minimum Gasteiger partial charge on any atom is -0.345 e. The van der Waals surface area contributed by atoms with Crippen LogP contribution in [-0.4, -0.2) is 48.3 Å². The number of nitrogens with two attached hydrogens (primary N) is 1. The maximum atomic E-state index is 11.8. The first-order valence-electron chi connectivity index (χ1n) is 6.18. The summed E-state index contributed by atoms with van der Waals surface area (Å²) in [6, 6.07) is -0.199. The molecule has 5 heteroatoms. The summed E-state index contributed by atoms with van der Waals surface area (Å²) >= 11 is 0. The Hall–Kier alpha value is -0.940. The lowest BCUT2D eigenvalue weighted by Crippen LogP contribution is -2.47. The zero-order valence-electron chi connectivity index (χ0n) is 10.9. The SMILES string of the molecule is CC(=O)C(NC(=O)CN1CC[C@@H](N)C1)C(C)C. The van der Waals surface area contributed by atoms with Crippen molar-refractivity contribution in [3.05, 3.63) is 0 Å². The number of likely N-dealkylation sites (tertiary alicyclic amines) is 1. The third-order valence-corrected chi connectivity index (χ3v) is 3.10. The zero-order valence-corrected chi connectivity index (χ0v) is 10.9. The number of nitrogens with zero attached hydrogens (tertiary/aromatic N) is 1. The molecule has 0 aliphatic carbocycles. The van der Waals surface area contributed by atoms with Crippen LogP contribution in [0.2, 0.25) is 0 Å². The highest BCUT2D eigenvalue weighted by Gasteiger charge is 2.24. The molecule has 1 rings (SSSR count). The molecule has 98 valence electrons. The van der Waals surface area contributed by atoms with E-state index in [1.807, 2.05) is 18.7 Å². The number of hydrogen-bond acceptors (Lipinski definition) is 4. The van der Waals surface area contributed by atoms with Crippen LogP contribution in [0, 0.1) is 5.92 Å². The second-order valence-corrected chi connectivity index (χ2v) is 5.18. The Morgan fingerprint density at radius 2 is 2.12 bits per heavy atom. The molecule has 2 atom stereocenters. The quantitative estimate of drug-likeness (QED) is 0.696. The Labute approximate surface area is 103 Å². The standard InChI is InChI=1S/C12H23N3O2/c1-8(2)12(9(3)16)14-11(17)7-15-5-4-10(13)6-15/h8,10,12H,4-7,13H2,1-3H3,(H,14,17)/t10-,12?/m1/s1. The smallest absolute Gasteiger partial charge is 0.234 e. The molecule has 17 heavy (non-hydrogen) atoms. The van der Waals surface area contributed by atoms with Gasteiger partial charge in [0.15, 0.2) is 5.78 Å². The largest absolute Gasteiger partial charge is 0.345 e. The molecule has 3 N–H and O–H groups in total. The number of Topliss-reactive ketones (excluding diaryl/α,β-unsaturated/α-hetero) is 1. The van der Waals surface area contributed by atoms with E-state index in [0.29, 0.717) is 6.54 Å². The molecule has 0 radical (unpaired) electrons. The molecule has 0 bridgehead atoms. The van der Waals surface area contributed by atoms with Crippen molar-refractivity contribution in [2.75, 3.05) is 19.6 Å². The van der Waals surface area contributed by atoms with Crippen molar-refractivity contribution in [3.63, 3.8) is 0 Å². The lowest BCUT2D eigenvalue weighted by molar-refractivity contribution is -0.128. The van der Waals surface area contributed by atoms with Gasteiger partial charge in [0.25, 0.3) is 0 Å². The number of ketones is 1. The van der Waals surface area contributed by atoms with Crippen LogP contribution in [-0.2, 0) is 9.59 Å². The molecular weight excluding hydrogens is 218 g/mol. The molecule has 5 nitrogen and oxygen atoms in total. The zero-order chi connectivity index (χ0) is 13.0. The summed E-state index contributed by atoms with van der Waals surface area (Å²) in [5.41, 5.74) is 5.77. The van der Waals surface area contributed by atoms with Crippen molar-refractivity contribution in [3.8, 4) is 0 Å². The van der Waals surface area contributed by atoms with Crippen molar-refractivity contribution in [1.82, 2.24) is 10.2 Å². The van der Waals surface area contributed by atoms with Crippen molar-refractivity contribution in [1.29, 1.82) is 0 Å². The van der Waals surface area contributed by atoms with E-state index in [9.17, 15) is 9.59 Å². The summed E-state index contributed by atoms with van der Waals surface area (Å²) in [6.07, 6.45) is 0.938. The van der Waals surface area contributed by atoms with E-state index in [-0.39, 0.29) is 29.7 Å². The van der Waals surface area contributed by atoms with Gasteiger partial charge in [0.2, 0.25) is 5.91 Å². The molecule has 1 aliphatic heterocycles. The molecule has 0 saturated carbocycles. The molecule has 1 unspecified atom stereocenters. The van der Waals surface area contributed by atoms with Crippen LogP contribution in [0.15, 0.2) is 0 Å². The van der Waals surface area contributed by atoms with E-state index in [1.165, 1.54) is 6.92 Å². The summed E-state index contributed by atoms with van der Waals surface area (Å²) in [5, 5.41) is 2.79. The number of nitrogens with one attached hydrogen (secondary N) is 1. The molecule has 0 aromatic heterocycles. The third-order valence-electron chi connectivity index (χ3n) is 3.10. The summed E-state index contributed by atoms with van der Waals surface area (Å²) in [6.45, 7) is 7.33. The fraction of sp³-hybridized carbons (Fsp3) is 0.833. The third kappa shape index (κ3) is 4.44. The second kappa shape index (κ2) is 6.12. The van der Waals surface area contributed by atoms with Crippen LogP contribution in [0.3, 0.4) is 0 Å². The van der Waals surface area contributed by atoms with Gasteiger partial charge < -0.3 is 11.1 Å². The summed E-state index contributed by atoms with van der Waals surface area (Å²) in [4.78, 5) is 25.2. The van der Waals surface area contributed by atoms with Gasteiger partial charge in [0.1, 0.15) is 0 Å². The molecule has 1 fully saturated rings. The van der Waals surface area contributed by atoms with E-state index >= 15 is 0 Å². The van der Waals surface area contributed by atoms with Crippen LogP contribution in [0.4, 0.5) is 0 Å². The number of rotatable bonds is 5. The molecule has 1 saturated heterocycles. The van der Waals surface area contributed by atoms with E-state index < -0.39 is 0 Å². The number of hydrogen-bond donors (Lipinski definition) is 2. The molecule has 1 heterocycles. The van der Waals surface area contributed by atoms with Crippen molar-refractivity contribution >= 4 is 11.7 Å². The Morgan fingerprint density at radius 3 is 2.53 bits per heavy atom. The first-order chi connectivity index (χ1) is 7.90. The van der Waals surface area contributed by atoms with Crippen molar-refractivity contribution in [2.45, 2.75) is 39.3 Å². The first kappa shape index (κ1) is 14.1. The molecule has 1 amide bonds. The van der Waals surface area contributed by atoms with Gasteiger partial charge in [-0.2, -0.15) is 0 Å². The van der Waals surface area contributed by atoms with Crippen molar-refractivity contribution < 1.29 is 9.59 Å². The highest BCUT2D eigenvalue weighted by atomic mass is 16.2. The van der Waals surface area contributed by atoms with E-state index in [2.05, 4.69) is 5.32 Å². The first-order valence-corrected chi connectivity index (χ1v) is 6.18. The fourth-order valence-corrected chi connectivity index (χ4v) is 2.17. The van der Waals surface area contributed by atoms with Gasteiger partial charge in [-0.25, -0.2) is 0 Å².